The van der Waals surface area contributed by atoms with Crippen LogP contribution in [0.3, 0.4) is 0 Å². The van der Waals surface area contributed by atoms with Crippen molar-refractivity contribution in [3.63, 3.8) is 0 Å². The first kappa shape index (κ1) is 61.9. The first-order valence-corrected chi connectivity index (χ1v) is 25.6. The molecular weight excluding hydrogens is 1040 g/mol. The number of carbonyl (C=O) groups is 10. The average molecular weight is 1110 g/mol. The Labute approximate surface area is 447 Å². The van der Waals surface area contributed by atoms with Crippen molar-refractivity contribution in [1.29, 1.82) is 0 Å². The van der Waals surface area contributed by atoms with Gasteiger partial charge in [0.15, 0.2) is 0 Å². The normalized spacial score (nSPS) is 13.7. The van der Waals surface area contributed by atoms with Gasteiger partial charge in [-0.3, -0.25) is 47.7 Å². The minimum atomic E-state index is -4.88. The summed E-state index contributed by atoms with van der Waals surface area (Å²) < 4.78 is 41.0. The molecule has 27 nitrogen and oxygen atoms in total. The molecule has 15 N–H and O–H groups in total. The molecule has 0 aliphatic heterocycles. The molecule has 8 amide bonds. The Bertz CT molecular complexity index is 2900. The summed E-state index contributed by atoms with van der Waals surface area (Å²) in [5.74, 6) is -10.7. The van der Waals surface area contributed by atoms with Gasteiger partial charge in [-0.25, -0.2) is 4.79 Å². The summed E-state index contributed by atoms with van der Waals surface area (Å²) in [5.41, 5.74) is 12.3. The van der Waals surface area contributed by atoms with Gasteiger partial charge < -0.3 is 72.8 Å². The zero-order valence-electron chi connectivity index (χ0n) is 42.7. The Morgan fingerprint density at radius 1 is 0.615 bits per heavy atom. The maximum atomic E-state index is 14.3. The van der Waals surface area contributed by atoms with Gasteiger partial charge >= 0.3 is 28.4 Å². The zero-order chi connectivity index (χ0) is 57.7. The topological polar surface area (TPSA) is 436 Å². The predicted octanol–water partition coefficient (Wildman–Crippen LogP) is -0.625. The van der Waals surface area contributed by atoms with Crippen LogP contribution in [0.2, 0.25) is 0 Å². The Morgan fingerprint density at radius 3 is 1.71 bits per heavy atom. The molecule has 0 spiro atoms. The molecule has 0 saturated carbocycles. The van der Waals surface area contributed by atoms with Crippen LogP contribution in [0.1, 0.15) is 69.6 Å². The van der Waals surface area contributed by atoms with E-state index in [1.807, 2.05) is 0 Å². The number of carboxylic acids is 2. The van der Waals surface area contributed by atoms with Crippen LogP contribution in [-0.2, 0) is 77.5 Å². The SMILES string of the molecule is CC(C)(C)OC(=O)N[C@@H](Cc1ccc(OS(=O)(=O)O)cc1)C(=O)N[C@@H](CC(=O)O)C(=O)NCC(=O)N[C@@H](Cc1c[nH]c2ccccc12)C(=O)N[C@@H](CCCCN)C(=O)N[C@@H](CC(=O)O)C(=O)N[C@@H](Cc1ccccc1)C(N)=O. The van der Waals surface area contributed by atoms with Crippen molar-refractivity contribution in [2.75, 3.05) is 13.1 Å². The number of amides is 8. The number of rotatable bonds is 30. The number of nitrogens with one attached hydrogen (secondary N) is 8. The number of aliphatic carboxylic acids is 2. The average Bonchev–Trinajstić information content (AvgIpc) is 3.78. The predicted molar refractivity (Wildman–Crippen MR) is 277 cm³/mol. The lowest BCUT2D eigenvalue weighted by molar-refractivity contribution is -0.141. The molecule has 4 rings (SSSR count). The number of alkyl carbamates (subject to hydrolysis) is 1. The van der Waals surface area contributed by atoms with Crippen LogP contribution in [0.15, 0.2) is 85.1 Å². The quantitative estimate of drug-likeness (QED) is 0.0228. The van der Waals surface area contributed by atoms with E-state index in [0.717, 1.165) is 12.1 Å². The molecule has 0 saturated heterocycles. The summed E-state index contributed by atoms with van der Waals surface area (Å²) in [6.45, 7) is 3.90. The number of carbonyl (C=O) groups excluding carboxylic acids is 8. The standard InChI is InChI=1S/C50H64N10O17S/c1-50(2,3)76-49(72)60-36(22-29-16-18-31(19-17-29)77-78(73,74)75)46(69)58-38(24-41(62)63)44(67)54-27-40(61)55-37(23-30-26-53-33-14-8-7-13-32(30)33)47(70)56-34(15-9-10-20-51)45(68)59-39(25-42(64)65)48(71)57-35(43(52)66)21-28-11-5-4-6-12-28/h4-8,11-14,16-19,26,34-39,53H,9-10,15,20-25,27,51H2,1-3H3,(H2,52,66)(H,54,67)(H,55,61)(H,56,70)(H,57,71)(H,58,69)(H,59,68)(H,60,72)(H,62,63)(H,64,65)(H,73,74,75)/t34-,35-,36-,37-,38-,39-/m0/s1. The number of unbranched alkanes of at least 4 members (excludes halogenated alkanes) is 1. The second-order valence-corrected chi connectivity index (χ2v) is 19.8. The fourth-order valence-electron chi connectivity index (χ4n) is 7.65. The summed E-state index contributed by atoms with van der Waals surface area (Å²) in [4.78, 5) is 135. The van der Waals surface area contributed by atoms with Crippen molar-refractivity contribution in [3.8, 4) is 5.75 Å². The fraction of sp³-hybridized carbons (Fsp3) is 0.400. The first-order chi connectivity index (χ1) is 36.7. The molecule has 4 aromatic rings. The Morgan fingerprint density at radius 2 is 1.13 bits per heavy atom. The highest BCUT2D eigenvalue weighted by molar-refractivity contribution is 7.81. The van der Waals surface area contributed by atoms with Crippen molar-refractivity contribution < 1.29 is 80.0 Å². The maximum absolute atomic E-state index is 14.3. The fourth-order valence-corrected chi connectivity index (χ4v) is 8.01. The molecule has 1 heterocycles. The molecule has 28 heteroatoms. The lowest BCUT2D eigenvalue weighted by Crippen LogP contribution is -2.59. The van der Waals surface area contributed by atoms with E-state index in [2.05, 4.69) is 46.4 Å². The Hall–Kier alpha value is -8.63. The number of hydrogen-bond donors (Lipinski definition) is 13. The third-order valence-electron chi connectivity index (χ3n) is 11.3. The third-order valence-corrected chi connectivity index (χ3v) is 11.7. The minimum Gasteiger partial charge on any atom is -0.481 e. The van der Waals surface area contributed by atoms with E-state index in [1.54, 1.807) is 81.6 Å². The van der Waals surface area contributed by atoms with E-state index in [9.17, 15) is 66.6 Å². The van der Waals surface area contributed by atoms with Crippen LogP contribution in [0.5, 0.6) is 5.75 Å². The van der Waals surface area contributed by atoms with E-state index in [0.29, 0.717) is 28.5 Å². The van der Waals surface area contributed by atoms with Crippen LogP contribution in [0.4, 0.5) is 4.79 Å². The number of ether oxygens (including phenoxy) is 1. The van der Waals surface area contributed by atoms with Crippen molar-refractivity contribution in [2.45, 2.75) is 114 Å². The van der Waals surface area contributed by atoms with Crippen LogP contribution < -0.4 is 52.9 Å². The van der Waals surface area contributed by atoms with Crippen LogP contribution in [-0.4, -0.2) is 142 Å². The van der Waals surface area contributed by atoms with E-state index >= 15 is 0 Å². The third kappa shape index (κ3) is 21.5. The Balaban J connectivity index is 1.55. The summed E-state index contributed by atoms with van der Waals surface area (Å²) in [5, 5.41) is 36.8. The monoisotopic (exact) mass is 1110 g/mol. The molecular formula is C50H64N10O17S. The first-order valence-electron chi connectivity index (χ1n) is 24.3. The van der Waals surface area contributed by atoms with Gasteiger partial charge in [-0.05, 0) is 81.5 Å². The number of carboxylic acid groups (broad SMARTS) is 2. The lowest BCUT2D eigenvalue weighted by Gasteiger charge is -2.26. The van der Waals surface area contributed by atoms with Gasteiger partial charge in [-0.2, -0.15) is 8.42 Å². The smallest absolute Gasteiger partial charge is 0.446 e. The van der Waals surface area contributed by atoms with Crippen molar-refractivity contribution in [3.05, 3.63) is 102 Å². The highest BCUT2D eigenvalue weighted by atomic mass is 32.3. The number of fused-ring (bicyclic) bond motifs is 1. The number of para-hydroxylation sites is 1. The molecule has 0 unspecified atom stereocenters. The van der Waals surface area contributed by atoms with Gasteiger partial charge in [0.1, 0.15) is 47.6 Å². The number of aromatic amines is 1. The highest BCUT2D eigenvalue weighted by Crippen LogP contribution is 2.20. The van der Waals surface area contributed by atoms with Crippen molar-refractivity contribution >= 4 is 80.7 Å². The molecule has 6 atom stereocenters. The van der Waals surface area contributed by atoms with Crippen molar-refractivity contribution in [2.24, 2.45) is 11.5 Å². The number of primary amides is 1. The van der Waals surface area contributed by atoms with E-state index < -0.39 is 131 Å². The zero-order valence-corrected chi connectivity index (χ0v) is 43.6. The molecule has 78 heavy (non-hydrogen) atoms. The molecule has 0 bridgehead atoms. The van der Waals surface area contributed by atoms with Crippen molar-refractivity contribution in [1.82, 2.24) is 42.2 Å². The van der Waals surface area contributed by atoms with E-state index in [1.165, 1.54) is 12.1 Å². The Kier molecular flexibility index (Phi) is 23.1. The van der Waals surface area contributed by atoms with E-state index in [4.69, 9.17) is 20.8 Å². The van der Waals surface area contributed by atoms with Gasteiger partial charge in [0.25, 0.3) is 0 Å². The second kappa shape index (κ2) is 29.0. The molecule has 3 aromatic carbocycles. The molecule has 0 aliphatic rings. The lowest BCUT2D eigenvalue weighted by atomic mass is 10.0. The van der Waals surface area contributed by atoms with Crippen LogP contribution in [0.25, 0.3) is 10.9 Å². The van der Waals surface area contributed by atoms with Gasteiger partial charge in [0.2, 0.25) is 41.4 Å². The number of hydrogen-bond acceptors (Lipinski definition) is 15. The minimum absolute atomic E-state index is 0.0583. The van der Waals surface area contributed by atoms with Gasteiger partial charge in [0.05, 0.1) is 19.4 Å². The highest BCUT2D eigenvalue weighted by Gasteiger charge is 2.34. The number of benzene rings is 3. The van der Waals surface area contributed by atoms with Gasteiger partial charge in [-0.15, -0.1) is 0 Å². The van der Waals surface area contributed by atoms with Gasteiger partial charge in [0, 0.05) is 36.4 Å². The summed E-state index contributed by atoms with van der Waals surface area (Å²) in [6, 6.07) is 10.7. The summed E-state index contributed by atoms with van der Waals surface area (Å²) in [6.07, 6.45) is -1.61. The molecule has 0 aliphatic carbocycles. The molecule has 0 radical (unpaired) electrons. The summed E-state index contributed by atoms with van der Waals surface area (Å²) in [7, 11) is -4.88. The second-order valence-electron chi connectivity index (χ2n) is 18.8. The molecule has 1 aromatic heterocycles. The van der Waals surface area contributed by atoms with Gasteiger partial charge in [-0.1, -0.05) is 60.7 Å². The number of aromatic nitrogens is 1. The van der Waals surface area contributed by atoms with Crippen LogP contribution in [0, 0.1) is 0 Å². The maximum Gasteiger partial charge on any atom is 0.446 e. The number of nitrogens with two attached hydrogens (primary N) is 2. The largest absolute Gasteiger partial charge is 0.481 e. The summed E-state index contributed by atoms with van der Waals surface area (Å²) >= 11 is 0. The molecule has 422 valence electrons. The molecule has 0 fully saturated rings. The van der Waals surface area contributed by atoms with E-state index in [-0.39, 0.29) is 50.0 Å². The van der Waals surface area contributed by atoms with Crippen LogP contribution >= 0.6 is 0 Å². The number of H-pyrrole nitrogens is 1.